The lowest BCUT2D eigenvalue weighted by atomic mass is 9.85. The van der Waals surface area contributed by atoms with E-state index < -0.39 is 0 Å². The molecule has 1 amide bonds. The highest BCUT2D eigenvalue weighted by Gasteiger charge is 2.34. The summed E-state index contributed by atoms with van der Waals surface area (Å²) in [6.45, 7) is 7.26. The second-order valence-corrected chi connectivity index (χ2v) is 9.90. The van der Waals surface area contributed by atoms with E-state index in [1.54, 1.807) is 6.20 Å². The monoisotopic (exact) mass is 520 g/mol. The van der Waals surface area contributed by atoms with Crippen LogP contribution < -0.4 is 10.7 Å². The summed E-state index contributed by atoms with van der Waals surface area (Å²) in [7, 11) is 0. The lowest BCUT2D eigenvalue weighted by Crippen LogP contribution is -2.29. The maximum Gasteiger partial charge on any atom is 0.272 e. The first-order chi connectivity index (χ1) is 19.2. The summed E-state index contributed by atoms with van der Waals surface area (Å²) < 4.78 is 0. The number of rotatable bonds is 7. The molecule has 2 N–H and O–H groups in total. The van der Waals surface area contributed by atoms with Gasteiger partial charge in [-0.25, -0.2) is 0 Å². The van der Waals surface area contributed by atoms with Gasteiger partial charge >= 0.3 is 0 Å². The highest BCUT2D eigenvalue weighted by molar-refractivity contribution is 6.44. The van der Waals surface area contributed by atoms with Crippen molar-refractivity contribution in [3.63, 3.8) is 0 Å². The van der Waals surface area contributed by atoms with Crippen LogP contribution in [0.15, 0.2) is 90.1 Å². The predicted octanol–water partition coefficient (Wildman–Crippen LogP) is 5.57. The fourth-order valence-electron chi connectivity index (χ4n) is 5.24. The molecule has 1 atom stereocenters. The van der Waals surface area contributed by atoms with Crippen LogP contribution in [0, 0.1) is 5.92 Å². The highest BCUT2D eigenvalue weighted by atomic mass is 16.2. The van der Waals surface area contributed by atoms with Gasteiger partial charge in [-0.2, -0.15) is 5.10 Å². The Morgan fingerprint density at radius 1 is 1.00 bits per heavy atom. The van der Waals surface area contributed by atoms with Crippen LogP contribution in [0.2, 0.25) is 0 Å². The fourth-order valence-corrected chi connectivity index (χ4v) is 5.24. The minimum atomic E-state index is -0.208. The van der Waals surface area contributed by atoms with Crippen molar-refractivity contribution in [3.05, 3.63) is 107 Å². The number of hydrogen-bond donors (Lipinski definition) is 2. The Morgan fingerprint density at radius 3 is 2.59 bits per heavy atom. The van der Waals surface area contributed by atoms with E-state index in [0.29, 0.717) is 17.8 Å². The molecule has 2 aliphatic heterocycles. The summed E-state index contributed by atoms with van der Waals surface area (Å²) in [5.74, 6) is -0.312. The number of nitrogens with zero attached hydrogens (tertiary/aromatic N) is 4. The molecule has 1 aliphatic carbocycles. The second kappa shape index (κ2) is 12.6. The van der Waals surface area contributed by atoms with E-state index in [1.807, 2.05) is 62.6 Å². The van der Waals surface area contributed by atoms with Crippen LogP contribution in [0.1, 0.15) is 55.5 Å². The summed E-state index contributed by atoms with van der Waals surface area (Å²) >= 11 is 0. The molecule has 2 aromatic heterocycles. The number of anilines is 1. The summed E-state index contributed by atoms with van der Waals surface area (Å²) in [4.78, 5) is 24.7. The van der Waals surface area contributed by atoms with Crippen LogP contribution in [0.4, 0.5) is 5.69 Å². The molecule has 0 radical (unpaired) electrons. The van der Waals surface area contributed by atoms with Crippen molar-refractivity contribution >= 4 is 22.9 Å². The molecule has 39 heavy (non-hydrogen) atoms. The van der Waals surface area contributed by atoms with Gasteiger partial charge in [0.1, 0.15) is 5.71 Å². The molecule has 3 aliphatic rings. The number of pyridine rings is 2. The number of fused-ring (bicyclic) bond motifs is 1. The molecule has 0 saturated carbocycles. The number of amides is 1. The molecule has 1 fully saturated rings. The smallest absolute Gasteiger partial charge is 0.272 e. The maximum atomic E-state index is 13.2. The number of aromatic nitrogens is 2. The molecule has 200 valence electrons. The minimum Gasteiger partial charge on any atom is -0.319 e. The number of likely N-dealkylation sites (tertiary alicyclic amines) is 1. The van der Waals surface area contributed by atoms with E-state index >= 15 is 0 Å². The Morgan fingerprint density at radius 2 is 1.82 bits per heavy atom. The van der Waals surface area contributed by atoms with Crippen molar-refractivity contribution in [3.8, 4) is 0 Å². The minimum absolute atomic E-state index is 0.104. The van der Waals surface area contributed by atoms with E-state index in [1.165, 1.54) is 29.5 Å². The third-order valence-electron chi connectivity index (χ3n) is 7.21. The molecular formula is C32H36N6O. The molecule has 1 saturated heterocycles. The van der Waals surface area contributed by atoms with E-state index in [4.69, 9.17) is 0 Å². The van der Waals surface area contributed by atoms with Gasteiger partial charge in [0.05, 0.1) is 17.8 Å². The van der Waals surface area contributed by atoms with Gasteiger partial charge in [0.2, 0.25) is 0 Å². The maximum absolute atomic E-state index is 13.2. The summed E-state index contributed by atoms with van der Waals surface area (Å²) in [6.07, 6.45) is 13.7. The molecular weight excluding hydrogens is 484 g/mol. The number of benzene rings is 1. The molecule has 1 aromatic carbocycles. The number of hydrazone groups is 1. The summed E-state index contributed by atoms with van der Waals surface area (Å²) in [6, 6.07) is 16.3. The van der Waals surface area contributed by atoms with Crippen molar-refractivity contribution in [2.45, 2.75) is 46.1 Å². The standard InChI is InChI=1S/C30H30N6O.C2H6/c37-30(33-26-10-9-25(32-19-26)15-21-6-2-1-3-7-21)29-27-16-23(8-11-28(27)34-35-29)24-14-22(17-31-18-24)20-36-12-4-5-13-36;1-2/h1-3,6-11,14,17-19,27,34H,4-5,12-13,15-16,20H2,(H,33,37);1-2H3. The van der Waals surface area contributed by atoms with E-state index in [0.717, 1.165) is 43.0 Å². The van der Waals surface area contributed by atoms with Crippen LogP contribution in [-0.2, 0) is 17.8 Å². The van der Waals surface area contributed by atoms with Gasteiger partial charge in [0.15, 0.2) is 0 Å². The van der Waals surface area contributed by atoms with Crippen molar-refractivity contribution in [1.82, 2.24) is 20.3 Å². The first-order valence-corrected chi connectivity index (χ1v) is 13.9. The van der Waals surface area contributed by atoms with Gasteiger partial charge in [-0.05, 0) is 78.9 Å². The molecule has 7 heteroatoms. The zero-order valence-corrected chi connectivity index (χ0v) is 22.7. The van der Waals surface area contributed by atoms with Gasteiger partial charge in [-0.15, -0.1) is 0 Å². The zero-order chi connectivity index (χ0) is 27.0. The molecule has 0 bridgehead atoms. The SMILES string of the molecule is CC.O=C(Nc1ccc(Cc2ccccc2)nc1)C1=NNC2=CC=C(c3cncc(CN4CCCC4)c3)CC21. The zero-order valence-electron chi connectivity index (χ0n) is 22.7. The second-order valence-electron chi connectivity index (χ2n) is 9.90. The Kier molecular flexibility index (Phi) is 8.58. The lowest BCUT2D eigenvalue weighted by molar-refractivity contribution is -0.110. The molecule has 7 nitrogen and oxygen atoms in total. The molecule has 0 spiro atoms. The van der Waals surface area contributed by atoms with E-state index in [2.05, 4.69) is 55.0 Å². The van der Waals surface area contributed by atoms with Crippen molar-refractivity contribution < 1.29 is 4.79 Å². The quantitative estimate of drug-likeness (QED) is 0.425. The Bertz CT molecular complexity index is 1370. The highest BCUT2D eigenvalue weighted by Crippen LogP contribution is 2.34. The third-order valence-corrected chi connectivity index (χ3v) is 7.21. The van der Waals surface area contributed by atoms with Gasteiger partial charge in [0, 0.05) is 36.8 Å². The number of allylic oxidation sites excluding steroid dienone is 4. The van der Waals surface area contributed by atoms with Crippen LogP contribution in [-0.4, -0.2) is 39.6 Å². The van der Waals surface area contributed by atoms with E-state index in [-0.39, 0.29) is 11.8 Å². The fraction of sp³-hybridized carbons (Fsp3) is 0.312. The predicted molar refractivity (Wildman–Crippen MR) is 157 cm³/mol. The number of carbonyl (C=O) groups excluding carboxylic acids is 1. The largest absolute Gasteiger partial charge is 0.319 e. The van der Waals surface area contributed by atoms with Crippen LogP contribution in [0.5, 0.6) is 0 Å². The lowest BCUT2D eigenvalue weighted by Gasteiger charge is -2.20. The number of carbonyl (C=O) groups is 1. The number of hydrogen-bond acceptors (Lipinski definition) is 6. The van der Waals surface area contributed by atoms with Crippen molar-refractivity contribution in [2.75, 3.05) is 18.4 Å². The Labute approximate surface area is 230 Å². The third kappa shape index (κ3) is 6.49. The topological polar surface area (TPSA) is 82.5 Å². The average molecular weight is 521 g/mol. The van der Waals surface area contributed by atoms with Crippen LogP contribution >= 0.6 is 0 Å². The van der Waals surface area contributed by atoms with Gasteiger partial charge in [0.25, 0.3) is 5.91 Å². The molecule has 3 aromatic rings. The van der Waals surface area contributed by atoms with Crippen molar-refractivity contribution in [1.29, 1.82) is 0 Å². The van der Waals surface area contributed by atoms with Crippen LogP contribution in [0.3, 0.4) is 0 Å². The Hall–Kier alpha value is -4.10. The first-order valence-electron chi connectivity index (χ1n) is 13.9. The molecule has 6 rings (SSSR count). The summed E-state index contributed by atoms with van der Waals surface area (Å²) in [5.41, 5.74) is 10.8. The number of nitrogens with one attached hydrogen (secondary N) is 2. The van der Waals surface area contributed by atoms with Gasteiger partial charge < -0.3 is 5.32 Å². The molecule has 1 unspecified atom stereocenters. The Balaban J connectivity index is 0.00000151. The average Bonchev–Trinajstić information content (AvgIpc) is 3.66. The normalized spacial score (nSPS) is 18.1. The van der Waals surface area contributed by atoms with Gasteiger partial charge in [-0.3, -0.25) is 25.1 Å². The summed E-state index contributed by atoms with van der Waals surface area (Å²) in [5, 5.41) is 7.35. The van der Waals surface area contributed by atoms with Gasteiger partial charge in [-0.1, -0.05) is 50.3 Å². The van der Waals surface area contributed by atoms with Crippen molar-refractivity contribution in [2.24, 2.45) is 11.0 Å². The van der Waals surface area contributed by atoms with Crippen LogP contribution in [0.25, 0.3) is 5.57 Å². The first kappa shape index (κ1) is 26.5. The molecule has 4 heterocycles. The van der Waals surface area contributed by atoms with E-state index in [9.17, 15) is 4.79 Å².